The lowest BCUT2D eigenvalue weighted by Gasteiger charge is -2.24. The van der Waals surface area contributed by atoms with Gasteiger partial charge >= 0.3 is 0 Å². The normalized spacial score (nSPS) is 10.5. The van der Waals surface area contributed by atoms with Gasteiger partial charge in [-0.05, 0) is 59.6 Å². The number of hydrogen-bond donors (Lipinski definition) is 2. The Morgan fingerprint density at radius 2 is 1.92 bits per heavy atom. The van der Waals surface area contributed by atoms with E-state index < -0.39 is 0 Å². The van der Waals surface area contributed by atoms with Crippen molar-refractivity contribution in [1.29, 1.82) is 0 Å². The van der Waals surface area contributed by atoms with Crippen molar-refractivity contribution in [3.05, 3.63) is 64.9 Å². The highest BCUT2D eigenvalue weighted by atomic mass is 79.9. The van der Waals surface area contributed by atoms with E-state index in [2.05, 4.69) is 68.2 Å². The smallest absolute Gasteiger partial charge is 0.161 e. The minimum atomic E-state index is 0.515. The number of nitrogen functional groups attached to an aromatic ring is 1. The molecule has 3 N–H and O–H groups in total. The van der Waals surface area contributed by atoms with Gasteiger partial charge in [0.1, 0.15) is 12.0 Å². The molecule has 3 aromatic rings. The summed E-state index contributed by atoms with van der Waals surface area (Å²) in [5.74, 6) is 1.28. The molecule has 0 spiro atoms. The number of nitrogens with zero attached hydrogens (tertiary/aromatic N) is 3. The van der Waals surface area contributed by atoms with Crippen molar-refractivity contribution in [3.8, 4) is 0 Å². The van der Waals surface area contributed by atoms with E-state index in [9.17, 15) is 0 Å². The van der Waals surface area contributed by atoms with Crippen LogP contribution in [-0.2, 0) is 0 Å². The van der Waals surface area contributed by atoms with Gasteiger partial charge in [0, 0.05) is 16.7 Å². The van der Waals surface area contributed by atoms with Crippen LogP contribution in [0.2, 0.25) is 0 Å². The van der Waals surface area contributed by atoms with E-state index in [1.54, 1.807) is 0 Å². The number of aromatic nitrogens is 2. The molecule has 0 unspecified atom stereocenters. The first-order valence-electron chi connectivity index (χ1n) is 8.06. The summed E-state index contributed by atoms with van der Waals surface area (Å²) >= 11 is 3.53. The van der Waals surface area contributed by atoms with Crippen molar-refractivity contribution in [3.63, 3.8) is 0 Å². The van der Waals surface area contributed by atoms with E-state index in [1.165, 1.54) is 11.9 Å². The van der Waals surface area contributed by atoms with Gasteiger partial charge in [-0.25, -0.2) is 9.97 Å². The largest absolute Gasteiger partial charge is 0.393 e. The number of benzene rings is 2. The van der Waals surface area contributed by atoms with Gasteiger partial charge in [-0.3, -0.25) is 0 Å². The molecule has 0 saturated carbocycles. The fraction of sp³-hybridized carbons (Fsp3) is 0.158. The van der Waals surface area contributed by atoms with Crippen molar-refractivity contribution >= 4 is 44.6 Å². The predicted octanol–water partition coefficient (Wildman–Crippen LogP) is 5.03. The molecule has 1 heterocycles. The van der Waals surface area contributed by atoms with Crippen LogP contribution in [0.3, 0.4) is 0 Å². The summed E-state index contributed by atoms with van der Waals surface area (Å²) in [7, 11) is 0. The van der Waals surface area contributed by atoms with Gasteiger partial charge in [-0.1, -0.05) is 24.3 Å². The van der Waals surface area contributed by atoms with Gasteiger partial charge in [-0.15, -0.1) is 0 Å². The number of aryl methyl sites for hydroxylation is 1. The summed E-state index contributed by atoms with van der Waals surface area (Å²) in [6.07, 6.45) is 1.53. The molecule has 0 amide bonds. The Bertz CT molecular complexity index is 881. The molecule has 3 rings (SSSR count). The third-order valence-corrected chi connectivity index (χ3v) is 4.57. The molecule has 0 aliphatic heterocycles. The van der Waals surface area contributed by atoms with Crippen molar-refractivity contribution < 1.29 is 0 Å². The fourth-order valence-corrected chi connectivity index (χ4v) is 3.03. The zero-order chi connectivity index (χ0) is 17.8. The first-order valence-corrected chi connectivity index (χ1v) is 8.85. The summed E-state index contributed by atoms with van der Waals surface area (Å²) < 4.78 is 0.945. The number of anilines is 5. The Morgan fingerprint density at radius 3 is 2.64 bits per heavy atom. The molecule has 5 nitrogen and oxygen atoms in total. The lowest BCUT2D eigenvalue weighted by molar-refractivity contribution is 0.979. The van der Waals surface area contributed by atoms with Crippen LogP contribution in [0, 0.1) is 6.92 Å². The molecule has 1 aromatic heterocycles. The van der Waals surface area contributed by atoms with Gasteiger partial charge in [0.2, 0.25) is 0 Å². The monoisotopic (exact) mass is 397 g/mol. The van der Waals surface area contributed by atoms with Crippen molar-refractivity contribution in [2.24, 2.45) is 0 Å². The first kappa shape index (κ1) is 17.2. The van der Waals surface area contributed by atoms with Crippen LogP contribution >= 0.6 is 15.9 Å². The average Bonchev–Trinajstić information content (AvgIpc) is 2.61. The second kappa shape index (κ2) is 7.53. The maximum absolute atomic E-state index is 6.39. The molecular formula is C19H20BrN5. The highest BCUT2D eigenvalue weighted by Crippen LogP contribution is 2.34. The van der Waals surface area contributed by atoms with E-state index >= 15 is 0 Å². The molecule has 6 heteroatoms. The SMILES string of the molecule is CCN(c1cccc(C)c1)c1ncnc(Nc2ccccc2Br)c1N. The number of nitrogens with one attached hydrogen (secondary N) is 1. The molecule has 0 bridgehead atoms. The standard InChI is InChI=1S/C19H20BrN5/c1-3-25(14-8-6-7-13(2)11-14)19-17(21)18(22-12-23-19)24-16-10-5-4-9-15(16)20/h4-12H,3,21H2,1-2H3,(H,22,23,24). The Balaban J connectivity index is 1.99. The maximum Gasteiger partial charge on any atom is 0.161 e. The number of nitrogens with two attached hydrogens (primary N) is 1. The molecule has 0 saturated heterocycles. The lowest BCUT2D eigenvalue weighted by atomic mass is 10.2. The van der Waals surface area contributed by atoms with E-state index in [0.717, 1.165) is 22.4 Å². The molecule has 0 aliphatic carbocycles. The Labute approximate surface area is 156 Å². The topological polar surface area (TPSA) is 67.1 Å². The molecule has 0 radical (unpaired) electrons. The van der Waals surface area contributed by atoms with E-state index in [-0.39, 0.29) is 0 Å². The molecule has 2 aromatic carbocycles. The summed E-state index contributed by atoms with van der Waals surface area (Å²) in [6, 6.07) is 16.1. The Hall–Kier alpha value is -2.60. The first-order chi connectivity index (χ1) is 12.1. The average molecular weight is 398 g/mol. The zero-order valence-electron chi connectivity index (χ0n) is 14.2. The molecule has 0 aliphatic rings. The van der Waals surface area contributed by atoms with Crippen LogP contribution in [0.1, 0.15) is 12.5 Å². The van der Waals surface area contributed by atoms with Crippen LogP contribution in [0.5, 0.6) is 0 Å². The molecule has 25 heavy (non-hydrogen) atoms. The van der Waals surface area contributed by atoms with Crippen LogP contribution in [0.25, 0.3) is 0 Å². The second-order valence-electron chi connectivity index (χ2n) is 5.65. The van der Waals surface area contributed by atoms with Gasteiger partial charge in [-0.2, -0.15) is 0 Å². The van der Waals surface area contributed by atoms with Crippen molar-refractivity contribution in [2.75, 3.05) is 22.5 Å². The highest BCUT2D eigenvalue weighted by molar-refractivity contribution is 9.10. The van der Waals surface area contributed by atoms with Crippen LogP contribution in [0.15, 0.2) is 59.3 Å². The summed E-state index contributed by atoms with van der Waals surface area (Å²) in [5, 5.41) is 3.27. The lowest BCUT2D eigenvalue weighted by Crippen LogP contribution is -2.20. The quantitative estimate of drug-likeness (QED) is 0.631. The second-order valence-corrected chi connectivity index (χ2v) is 6.50. The number of para-hydroxylation sites is 1. The van der Waals surface area contributed by atoms with E-state index in [4.69, 9.17) is 5.73 Å². The highest BCUT2D eigenvalue weighted by Gasteiger charge is 2.16. The van der Waals surface area contributed by atoms with Crippen molar-refractivity contribution in [2.45, 2.75) is 13.8 Å². The molecule has 128 valence electrons. The molecular weight excluding hydrogens is 378 g/mol. The zero-order valence-corrected chi connectivity index (χ0v) is 15.8. The number of hydrogen-bond acceptors (Lipinski definition) is 5. The van der Waals surface area contributed by atoms with Crippen LogP contribution < -0.4 is 16.0 Å². The summed E-state index contributed by atoms with van der Waals surface area (Å²) in [4.78, 5) is 10.8. The number of halogens is 1. The van der Waals surface area contributed by atoms with Crippen molar-refractivity contribution in [1.82, 2.24) is 9.97 Å². The van der Waals surface area contributed by atoms with Crippen LogP contribution in [0.4, 0.5) is 28.7 Å². The van der Waals surface area contributed by atoms with E-state index in [1.807, 2.05) is 30.3 Å². The van der Waals surface area contributed by atoms with Gasteiger partial charge < -0.3 is 16.0 Å². The van der Waals surface area contributed by atoms with E-state index in [0.29, 0.717) is 17.3 Å². The van der Waals surface area contributed by atoms with Gasteiger partial charge in [0.25, 0.3) is 0 Å². The minimum Gasteiger partial charge on any atom is -0.393 e. The van der Waals surface area contributed by atoms with Crippen LogP contribution in [-0.4, -0.2) is 16.5 Å². The predicted molar refractivity (Wildman–Crippen MR) is 108 cm³/mol. The Morgan fingerprint density at radius 1 is 1.12 bits per heavy atom. The molecule has 0 fully saturated rings. The fourth-order valence-electron chi connectivity index (χ4n) is 2.64. The van der Waals surface area contributed by atoms with Gasteiger partial charge in [0.15, 0.2) is 11.6 Å². The summed E-state index contributed by atoms with van der Waals surface area (Å²) in [5.41, 5.74) is 10.0. The Kier molecular flexibility index (Phi) is 5.19. The van der Waals surface area contributed by atoms with Gasteiger partial charge in [0.05, 0.1) is 5.69 Å². The minimum absolute atomic E-state index is 0.515. The third-order valence-electron chi connectivity index (χ3n) is 3.88. The summed E-state index contributed by atoms with van der Waals surface area (Å²) in [6.45, 7) is 4.89. The third kappa shape index (κ3) is 3.74. The maximum atomic E-state index is 6.39. The number of rotatable bonds is 5. The molecule has 0 atom stereocenters.